The van der Waals surface area contributed by atoms with E-state index in [1.54, 1.807) is 6.07 Å². The number of benzene rings is 1. The largest absolute Gasteiger partial charge is 0.325 e. The number of urea groups is 1. The minimum atomic E-state index is -3.29. The zero-order chi connectivity index (χ0) is 16.7. The van der Waals surface area contributed by atoms with Crippen molar-refractivity contribution in [2.75, 3.05) is 18.6 Å². The van der Waals surface area contributed by atoms with Gasteiger partial charge in [0.1, 0.15) is 15.4 Å². The Morgan fingerprint density at radius 1 is 1.23 bits per heavy atom. The molecule has 120 valence electrons. The van der Waals surface area contributed by atoms with Crippen molar-refractivity contribution in [2.45, 2.75) is 12.5 Å². The molecule has 6 nitrogen and oxygen atoms in total. The van der Waals surface area contributed by atoms with Crippen LogP contribution in [-0.2, 0) is 20.2 Å². The average molecular weight is 365 g/mol. The number of hydrogen-bond acceptors (Lipinski definition) is 4. The van der Waals surface area contributed by atoms with Crippen LogP contribution in [0.4, 0.5) is 4.79 Å². The van der Waals surface area contributed by atoms with E-state index in [2.05, 4.69) is 5.32 Å². The normalized spacial score (nSPS) is 22.1. The molecule has 3 amide bonds. The molecule has 1 saturated heterocycles. The van der Waals surface area contributed by atoms with E-state index in [4.69, 9.17) is 23.2 Å². The van der Waals surface area contributed by atoms with Crippen LogP contribution in [0.2, 0.25) is 10.0 Å². The number of halogens is 2. The second-order valence-corrected chi connectivity index (χ2v) is 8.34. The minimum absolute atomic E-state index is 0.194. The van der Waals surface area contributed by atoms with Gasteiger partial charge in [-0.2, -0.15) is 0 Å². The molecule has 1 aliphatic heterocycles. The van der Waals surface area contributed by atoms with Gasteiger partial charge in [-0.15, -0.1) is 0 Å². The van der Waals surface area contributed by atoms with E-state index < -0.39 is 27.3 Å². The summed E-state index contributed by atoms with van der Waals surface area (Å²) < 4.78 is 22.4. The monoisotopic (exact) mass is 364 g/mol. The van der Waals surface area contributed by atoms with E-state index in [0.717, 1.165) is 11.2 Å². The van der Waals surface area contributed by atoms with Crippen LogP contribution in [0.1, 0.15) is 12.5 Å². The molecule has 1 fully saturated rings. The van der Waals surface area contributed by atoms with Gasteiger partial charge >= 0.3 is 6.03 Å². The Hall–Kier alpha value is -1.31. The van der Waals surface area contributed by atoms with Crippen LogP contribution in [-0.4, -0.2) is 43.8 Å². The maximum atomic E-state index is 12.5. The Morgan fingerprint density at radius 3 is 2.41 bits per heavy atom. The van der Waals surface area contributed by atoms with Crippen LogP contribution in [0.25, 0.3) is 0 Å². The summed E-state index contributed by atoms with van der Waals surface area (Å²) >= 11 is 11.8. The molecule has 0 bridgehead atoms. The molecule has 9 heteroatoms. The third kappa shape index (κ3) is 3.21. The van der Waals surface area contributed by atoms with Crippen LogP contribution in [0.15, 0.2) is 18.2 Å². The number of rotatable bonds is 4. The summed E-state index contributed by atoms with van der Waals surface area (Å²) in [5.74, 6) is -0.816. The van der Waals surface area contributed by atoms with Crippen molar-refractivity contribution in [3.63, 3.8) is 0 Å². The molecule has 0 radical (unpaired) electrons. The predicted molar refractivity (Wildman–Crippen MR) is 83.8 cm³/mol. The molecule has 2 rings (SSSR count). The van der Waals surface area contributed by atoms with E-state index in [1.165, 1.54) is 19.1 Å². The van der Waals surface area contributed by atoms with Crippen LogP contribution >= 0.6 is 23.2 Å². The average Bonchev–Trinajstić information content (AvgIpc) is 2.61. The Balaban J connectivity index is 2.31. The lowest BCUT2D eigenvalue weighted by Gasteiger charge is -2.22. The zero-order valence-electron chi connectivity index (χ0n) is 11.9. The van der Waals surface area contributed by atoms with Crippen LogP contribution in [0.5, 0.6) is 0 Å². The first-order valence-electron chi connectivity index (χ1n) is 6.32. The number of amides is 3. The standard InChI is InChI=1S/C13H14Cl2N2O4S/c1-13(8-3-4-9(14)10(15)7-8)11(18)17(12(19)16-13)5-6-22(2,20)21/h3-4,7H,5-6H2,1-2H3,(H,16,19). The maximum Gasteiger partial charge on any atom is 0.325 e. The smallest absolute Gasteiger partial charge is 0.319 e. The second-order valence-electron chi connectivity index (χ2n) is 5.27. The van der Waals surface area contributed by atoms with Crippen molar-refractivity contribution in [2.24, 2.45) is 0 Å². The fraction of sp³-hybridized carbons (Fsp3) is 0.385. The van der Waals surface area contributed by atoms with Gasteiger partial charge in [-0.1, -0.05) is 29.3 Å². The van der Waals surface area contributed by atoms with Gasteiger partial charge in [0.05, 0.1) is 15.8 Å². The molecule has 0 spiro atoms. The topological polar surface area (TPSA) is 83.6 Å². The third-order valence-electron chi connectivity index (χ3n) is 3.46. The number of nitrogens with one attached hydrogen (secondary N) is 1. The second kappa shape index (κ2) is 5.72. The molecule has 1 unspecified atom stereocenters. The van der Waals surface area contributed by atoms with Crippen molar-refractivity contribution in [3.05, 3.63) is 33.8 Å². The number of carbonyl (C=O) groups is 2. The molecule has 0 aromatic heterocycles. The highest BCUT2D eigenvalue weighted by molar-refractivity contribution is 7.90. The quantitative estimate of drug-likeness (QED) is 0.825. The summed E-state index contributed by atoms with van der Waals surface area (Å²) in [6, 6.07) is 3.99. The van der Waals surface area contributed by atoms with Gasteiger partial charge in [-0.3, -0.25) is 9.69 Å². The van der Waals surface area contributed by atoms with Gasteiger partial charge in [0.25, 0.3) is 5.91 Å². The first-order chi connectivity index (χ1) is 10.0. The molecular formula is C13H14Cl2N2O4S. The molecule has 22 heavy (non-hydrogen) atoms. The third-order valence-corrected chi connectivity index (χ3v) is 5.12. The van der Waals surface area contributed by atoms with Gasteiger partial charge in [-0.25, -0.2) is 13.2 Å². The molecule has 1 aromatic rings. The van der Waals surface area contributed by atoms with E-state index >= 15 is 0 Å². The van der Waals surface area contributed by atoms with Gasteiger partial charge in [-0.05, 0) is 24.6 Å². The van der Waals surface area contributed by atoms with Crippen LogP contribution in [0.3, 0.4) is 0 Å². The van der Waals surface area contributed by atoms with Crippen LogP contribution in [0, 0.1) is 0 Å². The summed E-state index contributed by atoms with van der Waals surface area (Å²) in [6.45, 7) is 1.34. The number of sulfone groups is 1. The van der Waals surface area contributed by atoms with Crippen molar-refractivity contribution in [1.29, 1.82) is 0 Å². The fourth-order valence-electron chi connectivity index (χ4n) is 2.16. The number of carbonyl (C=O) groups excluding carboxylic acids is 2. The van der Waals surface area contributed by atoms with Gasteiger partial charge in [0.15, 0.2) is 0 Å². The van der Waals surface area contributed by atoms with Gasteiger partial charge < -0.3 is 5.32 Å². The molecule has 1 aromatic carbocycles. The van der Waals surface area contributed by atoms with E-state index in [1.807, 2.05) is 0 Å². The van der Waals surface area contributed by atoms with E-state index in [9.17, 15) is 18.0 Å². The number of imide groups is 1. The highest BCUT2D eigenvalue weighted by atomic mass is 35.5. The molecular weight excluding hydrogens is 351 g/mol. The maximum absolute atomic E-state index is 12.5. The number of nitrogens with zero attached hydrogens (tertiary/aromatic N) is 1. The van der Waals surface area contributed by atoms with E-state index in [-0.39, 0.29) is 17.3 Å². The summed E-state index contributed by atoms with van der Waals surface area (Å²) in [4.78, 5) is 25.4. The Bertz CT molecular complexity index is 750. The molecule has 1 heterocycles. The highest BCUT2D eigenvalue weighted by Gasteiger charge is 2.49. The Kier molecular flexibility index (Phi) is 4.43. The van der Waals surface area contributed by atoms with Crippen LogP contribution < -0.4 is 5.32 Å². The SMILES string of the molecule is CC1(c2ccc(Cl)c(Cl)c2)NC(=O)N(CCS(C)(=O)=O)C1=O. The molecule has 0 saturated carbocycles. The van der Waals surface area contributed by atoms with Crippen molar-refractivity contribution >= 4 is 45.0 Å². The first-order valence-corrected chi connectivity index (χ1v) is 9.13. The molecule has 1 aliphatic rings. The van der Waals surface area contributed by atoms with Crippen molar-refractivity contribution in [3.8, 4) is 0 Å². The number of hydrogen-bond donors (Lipinski definition) is 1. The van der Waals surface area contributed by atoms with Gasteiger partial charge in [0.2, 0.25) is 0 Å². The highest BCUT2D eigenvalue weighted by Crippen LogP contribution is 2.32. The van der Waals surface area contributed by atoms with Crippen molar-refractivity contribution in [1.82, 2.24) is 10.2 Å². The minimum Gasteiger partial charge on any atom is -0.319 e. The van der Waals surface area contributed by atoms with E-state index in [0.29, 0.717) is 10.6 Å². The molecule has 1 atom stereocenters. The molecule has 0 aliphatic carbocycles. The summed E-state index contributed by atoms with van der Waals surface area (Å²) in [7, 11) is -3.29. The molecule has 1 N–H and O–H groups in total. The Labute approximate surface area is 138 Å². The fourth-order valence-corrected chi connectivity index (χ4v) is 2.97. The zero-order valence-corrected chi connectivity index (χ0v) is 14.2. The Morgan fingerprint density at radius 2 is 1.86 bits per heavy atom. The summed E-state index contributed by atoms with van der Waals surface area (Å²) in [5.41, 5.74) is -0.829. The lowest BCUT2D eigenvalue weighted by molar-refractivity contribution is -0.130. The van der Waals surface area contributed by atoms with Crippen molar-refractivity contribution < 1.29 is 18.0 Å². The summed E-state index contributed by atoms with van der Waals surface area (Å²) in [6.07, 6.45) is 1.05. The lowest BCUT2D eigenvalue weighted by Crippen LogP contribution is -2.41. The first kappa shape index (κ1) is 17.1. The van der Waals surface area contributed by atoms with Gasteiger partial charge in [0, 0.05) is 12.8 Å². The lowest BCUT2D eigenvalue weighted by atomic mass is 9.92. The predicted octanol–water partition coefficient (Wildman–Crippen LogP) is 1.80. The summed E-state index contributed by atoms with van der Waals surface area (Å²) in [5, 5.41) is 3.16.